The largest absolute Gasteiger partial charge is 0.473 e. The van der Waals surface area contributed by atoms with E-state index in [1.165, 1.54) is 0 Å². The summed E-state index contributed by atoms with van der Waals surface area (Å²) >= 11 is 5.87. The van der Waals surface area contributed by atoms with Gasteiger partial charge in [-0.1, -0.05) is 22.8 Å². The number of nitrogens with zero attached hydrogens (tertiary/aromatic N) is 4. The summed E-state index contributed by atoms with van der Waals surface area (Å²) in [5, 5.41) is 4.53. The van der Waals surface area contributed by atoms with Gasteiger partial charge in [-0.25, -0.2) is 15.0 Å². The second kappa shape index (κ2) is 8.06. The summed E-state index contributed by atoms with van der Waals surface area (Å²) in [4.78, 5) is 12.3. The van der Waals surface area contributed by atoms with Crippen molar-refractivity contribution in [3.63, 3.8) is 0 Å². The number of aromatic nitrogens is 4. The van der Waals surface area contributed by atoms with Crippen LogP contribution in [0.5, 0.6) is 5.88 Å². The van der Waals surface area contributed by atoms with Crippen molar-refractivity contribution in [2.45, 2.75) is 13.0 Å². The molecule has 0 aliphatic carbocycles. The van der Waals surface area contributed by atoms with Crippen LogP contribution >= 0.6 is 11.6 Å². The highest BCUT2D eigenvalue weighted by Crippen LogP contribution is 2.25. The average molecular weight is 394 g/mol. The zero-order chi connectivity index (χ0) is 19.3. The van der Waals surface area contributed by atoms with Gasteiger partial charge in [-0.2, -0.15) is 0 Å². The van der Waals surface area contributed by atoms with Gasteiger partial charge in [-0.05, 0) is 35.4 Å². The number of ether oxygens (including phenoxy) is 1. The van der Waals surface area contributed by atoms with Crippen molar-refractivity contribution < 1.29 is 9.26 Å². The van der Waals surface area contributed by atoms with Crippen molar-refractivity contribution in [3.05, 3.63) is 83.0 Å². The highest BCUT2D eigenvalue weighted by Gasteiger charge is 2.11. The molecule has 7 nitrogen and oxygen atoms in total. The van der Waals surface area contributed by atoms with Crippen LogP contribution in [0.2, 0.25) is 5.15 Å². The van der Waals surface area contributed by atoms with Crippen LogP contribution in [0.15, 0.2) is 65.6 Å². The number of nitrogen functional groups attached to an aromatic ring is 1. The van der Waals surface area contributed by atoms with Crippen LogP contribution in [0.25, 0.3) is 11.3 Å². The predicted molar refractivity (Wildman–Crippen MR) is 105 cm³/mol. The lowest BCUT2D eigenvalue weighted by Crippen LogP contribution is -1.98. The molecule has 4 aromatic heterocycles. The first-order valence-corrected chi connectivity index (χ1v) is 8.90. The van der Waals surface area contributed by atoms with Gasteiger partial charge in [0.15, 0.2) is 5.76 Å². The Morgan fingerprint density at radius 2 is 1.93 bits per heavy atom. The quantitative estimate of drug-likeness (QED) is 0.495. The summed E-state index contributed by atoms with van der Waals surface area (Å²) in [7, 11) is 0. The topological polar surface area (TPSA) is 100.0 Å². The summed E-state index contributed by atoms with van der Waals surface area (Å²) in [6.45, 7) is 0.369. The van der Waals surface area contributed by atoms with E-state index in [0.29, 0.717) is 35.6 Å². The molecule has 0 unspecified atom stereocenters. The fraction of sp³-hybridized carbons (Fsp3) is 0.100. The molecule has 0 aliphatic heterocycles. The molecule has 0 bridgehead atoms. The van der Waals surface area contributed by atoms with E-state index in [1.54, 1.807) is 30.7 Å². The van der Waals surface area contributed by atoms with Crippen molar-refractivity contribution in [1.82, 2.24) is 20.1 Å². The smallest absolute Gasteiger partial charge is 0.213 e. The molecule has 140 valence electrons. The number of hydrogen-bond donors (Lipinski definition) is 1. The van der Waals surface area contributed by atoms with Crippen molar-refractivity contribution in [3.8, 4) is 17.2 Å². The Morgan fingerprint density at radius 1 is 1.00 bits per heavy atom. The lowest BCUT2D eigenvalue weighted by Gasteiger charge is -2.06. The van der Waals surface area contributed by atoms with Gasteiger partial charge in [0, 0.05) is 37.1 Å². The van der Waals surface area contributed by atoms with E-state index in [9.17, 15) is 0 Å². The summed E-state index contributed by atoms with van der Waals surface area (Å²) in [6.07, 6.45) is 5.61. The molecular formula is C20H16ClN5O2. The average Bonchev–Trinajstić information content (AvgIpc) is 3.16. The van der Waals surface area contributed by atoms with Gasteiger partial charge >= 0.3 is 0 Å². The van der Waals surface area contributed by atoms with Crippen LogP contribution in [0.1, 0.15) is 16.8 Å². The maximum atomic E-state index is 5.88. The Kier molecular flexibility index (Phi) is 5.16. The van der Waals surface area contributed by atoms with E-state index < -0.39 is 0 Å². The van der Waals surface area contributed by atoms with E-state index in [-0.39, 0.29) is 0 Å². The maximum absolute atomic E-state index is 5.88. The summed E-state index contributed by atoms with van der Waals surface area (Å²) in [5.41, 5.74) is 9.29. The zero-order valence-electron chi connectivity index (χ0n) is 14.7. The molecule has 0 amide bonds. The number of hydrogen-bond acceptors (Lipinski definition) is 7. The second-order valence-corrected chi connectivity index (χ2v) is 6.46. The third kappa shape index (κ3) is 4.27. The number of nitrogens with two attached hydrogens (primary N) is 1. The van der Waals surface area contributed by atoms with E-state index in [0.717, 1.165) is 22.4 Å². The van der Waals surface area contributed by atoms with Crippen LogP contribution in [-0.2, 0) is 13.0 Å². The lowest BCUT2D eigenvalue weighted by molar-refractivity contribution is 0.293. The van der Waals surface area contributed by atoms with Crippen LogP contribution in [0.4, 0.5) is 5.82 Å². The minimum Gasteiger partial charge on any atom is -0.473 e. The van der Waals surface area contributed by atoms with Crippen molar-refractivity contribution in [2.24, 2.45) is 0 Å². The molecule has 0 spiro atoms. The predicted octanol–water partition coefficient (Wildman–Crippen LogP) is 3.93. The third-order valence-electron chi connectivity index (χ3n) is 4.02. The van der Waals surface area contributed by atoms with Crippen molar-refractivity contribution in [2.75, 3.05) is 5.73 Å². The minimum absolute atomic E-state index is 0.369. The molecule has 0 aromatic carbocycles. The summed E-state index contributed by atoms with van der Waals surface area (Å²) < 4.78 is 11.1. The first kappa shape index (κ1) is 17.9. The fourth-order valence-electron chi connectivity index (χ4n) is 2.65. The molecular weight excluding hydrogens is 378 g/mol. The van der Waals surface area contributed by atoms with Gasteiger partial charge in [0.2, 0.25) is 5.88 Å². The van der Waals surface area contributed by atoms with Gasteiger partial charge in [0.1, 0.15) is 17.6 Å². The normalized spacial score (nSPS) is 10.8. The van der Waals surface area contributed by atoms with E-state index in [1.807, 2.05) is 30.3 Å². The minimum atomic E-state index is 0.369. The van der Waals surface area contributed by atoms with Crippen LogP contribution in [-0.4, -0.2) is 20.1 Å². The number of anilines is 1. The van der Waals surface area contributed by atoms with Crippen LogP contribution in [0.3, 0.4) is 0 Å². The Balaban J connectivity index is 1.39. The Bertz CT molecular complexity index is 1080. The lowest BCUT2D eigenvalue weighted by atomic mass is 10.1. The first-order valence-electron chi connectivity index (χ1n) is 8.52. The molecule has 0 saturated heterocycles. The molecule has 4 aromatic rings. The Hall–Kier alpha value is -3.45. The van der Waals surface area contributed by atoms with Gasteiger partial charge in [0.25, 0.3) is 0 Å². The molecule has 0 saturated carbocycles. The zero-order valence-corrected chi connectivity index (χ0v) is 15.5. The molecule has 0 atom stereocenters. The molecule has 2 N–H and O–H groups in total. The van der Waals surface area contributed by atoms with Gasteiger partial charge in [-0.3, -0.25) is 0 Å². The molecule has 0 fully saturated rings. The highest BCUT2D eigenvalue weighted by molar-refractivity contribution is 6.29. The monoisotopic (exact) mass is 393 g/mol. The molecule has 4 rings (SSSR count). The Morgan fingerprint density at radius 3 is 2.71 bits per heavy atom. The number of rotatable bonds is 6. The van der Waals surface area contributed by atoms with Crippen molar-refractivity contribution in [1.29, 1.82) is 0 Å². The number of halogens is 1. The second-order valence-electron chi connectivity index (χ2n) is 6.08. The van der Waals surface area contributed by atoms with E-state index in [4.69, 9.17) is 26.6 Å². The third-order valence-corrected chi connectivity index (χ3v) is 4.23. The maximum Gasteiger partial charge on any atom is 0.213 e. The summed E-state index contributed by atoms with van der Waals surface area (Å²) in [5.74, 6) is 1.52. The van der Waals surface area contributed by atoms with Crippen LogP contribution < -0.4 is 10.5 Å². The van der Waals surface area contributed by atoms with E-state index in [2.05, 4.69) is 20.1 Å². The first-order chi connectivity index (χ1) is 13.7. The van der Waals surface area contributed by atoms with E-state index >= 15 is 0 Å². The van der Waals surface area contributed by atoms with Gasteiger partial charge < -0.3 is 15.0 Å². The van der Waals surface area contributed by atoms with Gasteiger partial charge in [-0.15, -0.1) is 0 Å². The number of pyridine rings is 3. The van der Waals surface area contributed by atoms with Crippen LogP contribution in [0, 0.1) is 0 Å². The summed E-state index contributed by atoms with van der Waals surface area (Å²) in [6, 6.07) is 12.9. The Labute approximate surface area is 166 Å². The molecule has 0 aliphatic rings. The fourth-order valence-corrected chi connectivity index (χ4v) is 2.84. The SMILES string of the molecule is Nc1ncccc1-c1cc(Cc2ccc(OCc3ccnc(Cl)c3)nc2)no1. The standard InChI is InChI=1S/C20H16ClN5O2/c21-18-9-14(5-7-23-18)12-27-19-4-3-13(11-25-19)8-15-10-17(28-26-15)16-2-1-6-24-20(16)22/h1-7,9-11H,8,12H2,(H2,22,24). The molecule has 8 heteroatoms. The van der Waals surface area contributed by atoms with Crippen molar-refractivity contribution >= 4 is 17.4 Å². The van der Waals surface area contributed by atoms with Gasteiger partial charge in [0.05, 0.1) is 11.3 Å². The highest BCUT2D eigenvalue weighted by atomic mass is 35.5. The molecule has 4 heterocycles. The molecule has 28 heavy (non-hydrogen) atoms. The molecule has 0 radical (unpaired) electrons.